The van der Waals surface area contributed by atoms with Crippen molar-refractivity contribution in [3.8, 4) is 0 Å². The van der Waals surface area contributed by atoms with E-state index in [9.17, 15) is 0 Å². The van der Waals surface area contributed by atoms with E-state index in [0.29, 0.717) is 5.92 Å². The first-order valence-electron chi connectivity index (χ1n) is 7.03. The molecule has 100 valence electrons. The molecular weight excluding hydrogens is 222 g/mol. The molecule has 0 bridgehead atoms. The van der Waals surface area contributed by atoms with Crippen LogP contribution in [0.4, 0.5) is 0 Å². The number of hydrogen-bond donors (Lipinski definition) is 1. The van der Waals surface area contributed by atoms with Crippen molar-refractivity contribution in [1.29, 1.82) is 0 Å². The van der Waals surface area contributed by atoms with Gasteiger partial charge in [-0.3, -0.25) is 0 Å². The lowest BCUT2D eigenvalue weighted by molar-refractivity contribution is 0.193. The fourth-order valence-electron chi connectivity index (χ4n) is 3.46. The van der Waals surface area contributed by atoms with Gasteiger partial charge in [0.15, 0.2) is 0 Å². The molecule has 3 unspecified atom stereocenters. The third-order valence-corrected chi connectivity index (χ3v) is 4.22. The van der Waals surface area contributed by atoms with E-state index < -0.39 is 0 Å². The molecule has 1 saturated carbocycles. The summed E-state index contributed by atoms with van der Waals surface area (Å²) in [5, 5.41) is 8.29. The lowest BCUT2D eigenvalue weighted by Gasteiger charge is -2.35. The summed E-state index contributed by atoms with van der Waals surface area (Å²) in [6.07, 6.45) is 3.83. The zero-order valence-corrected chi connectivity index (χ0v) is 12.0. The Morgan fingerprint density at radius 3 is 2.33 bits per heavy atom. The number of aromatic nitrogens is 2. The van der Waals surface area contributed by atoms with Gasteiger partial charge in [0.1, 0.15) is 0 Å². The topological polar surface area (TPSA) is 51.8 Å². The summed E-state index contributed by atoms with van der Waals surface area (Å²) in [5.74, 6) is 2.17. The largest absolute Gasteiger partial charge is 0.324 e. The van der Waals surface area contributed by atoms with Crippen molar-refractivity contribution in [3.63, 3.8) is 0 Å². The van der Waals surface area contributed by atoms with Crippen molar-refractivity contribution in [1.82, 2.24) is 10.2 Å². The Hall–Kier alpha value is -0.960. The van der Waals surface area contributed by atoms with Crippen LogP contribution in [-0.4, -0.2) is 10.2 Å². The lowest BCUT2D eigenvalue weighted by Crippen LogP contribution is -2.30. The lowest BCUT2D eigenvalue weighted by atomic mass is 9.72. The Bertz CT molecular complexity index is 406. The molecule has 1 fully saturated rings. The number of hydrogen-bond acceptors (Lipinski definition) is 3. The maximum absolute atomic E-state index is 6.50. The molecule has 0 radical (unpaired) electrons. The van der Waals surface area contributed by atoms with E-state index in [1.165, 1.54) is 24.8 Å². The first-order valence-corrected chi connectivity index (χ1v) is 7.03. The van der Waals surface area contributed by atoms with Crippen LogP contribution in [0.1, 0.15) is 56.1 Å². The monoisotopic (exact) mass is 247 g/mol. The van der Waals surface area contributed by atoms with Gasteiger partial charge in [0, 0.05) is 6.04 Å². The first kappa shape index (κ1) is 13.5. The fourth-order valence-corrected chi connectivity index (χ4v) is 3.46. The smallest absolute Gasteiger partial charge is 0.0648 e. The fraction of sp³-hybridized carbons (Fsp3) is 0.733. The van der Waals surface area contributed by atoms with Crippen LogP contribution in [0.5, 0.6) is 0 Å². The molecule has 3 heteroatoms. The van der Waals surface area contributed by atoms with Gasteiger partial charge in [0.05, 0.1) is 11.4 Å². The van der Waals surface area contributed by atoms with Crippen molar-refractivity contribution < 1.29 is 0 Å². The number of aryl methyl sites for hydroxylation is 2. The second kappa shape index (κ2) is 5.35. The summed E-state index contributed by atoms with van der Waals surface area (Å²) < 4.78 is 0. The molecule has 1 heterocycles. The Kier molecular flexibility index (Phi) is 4.00. The molecule has 1 aliphatic rings. The summed E-state index contributed by atoms with van der Waals surface area (Å²) >= 11 is 0. The van der Waals surface area contributed by atoms with E-state index in [0.717, 1.165) is 23.2 Å². The average molecular weight is 247 g/mol. The van der Waals surface area contributed by atoms with Crippen LogP contribution in [0.2, 0.25) is 0 Å². The van der Waals surface area contributed by atoms with Gasteiger partial charge in [-0.25, -0.2) is 0 Å². The van der Waals surface area contributed by atoms with Gasteiger partial charge in [-0.05, 0) is 62.5 Å². The van der Waals surface area contributed by atoms with E-state index in [-0.39, 0.29) is 6.04 Å². The number of nitrogens with two attached hydrogens (primary N) is 1. The predicted octanol–water partition coefficient (Wildman–Crippen LogP) is 3.17. The minimum atomic E-state index is 0.115. The number of rotatable bonds is 2. The molecule has 0 saturated heterocycles. The second-order valence-corrected chi connectivity index (χ2v) is 6.23. The maximum atomic E-state index is 6.50. The predicted molar refractivity (Wildman–Crippen MR) is 74.1 cm³/mol. The van der Waals surface area contributed by atoms with Gasteiger partial charge in [-0.2, -0.15) is 10.2 Å². The van der Waals surface area contributed by atoms with E-state index in [1.54, 1.807) is 0 Å². The summed E-state index contributed by atoms with van der Waals surface area (Å²) in [4.78, 5) is 0. The highest BCUT2D eigenvalue weighted by Crippen LogP contribution is 2.39. The van der Waals surface area contributed by atoms with Crippen LogP contribution in [0.3, 0.4) is 0 Å². The number of nitrogens with zero attached hydrogens (tertiary/aromatic N) is 2. The third-order valence-electron chi connectivity index (χ3n) is 4.22. The quantitative estimate of drug-likeness (QED) is 0.873. The van der Waals surface area contributed by atoms with Gasteiger partial charge in [0.2, 0.25) is 0 Å². The summed E-state index contributed by atoms with van der Waals surface area (Å²) in [6, 6.07) is 2.22. The third kappa shape index (κ3) is 2.89. The van der Waals surface area contributed by atoms with Gasteiger partial charge < -0.3 is 5.73 Å². The maximum Gasteiger partial charge on any atom is 0.0648 e. The van der Waals surface area contributed by atoms with Crippen molar-refractivity contribution in [2.45, 2.75) is 53.0 Å². The SMILES string of the molecule is Cc1cc(C(N)C2CC(C)CC(C)C2)c(C)nn1. The molecule has 0 spiro atoms. The molecule has 1 aromatic rings. The molecule has 2 N–H and O–H groups in total. The van der Waals surface area contributed by atoms with Crippen molar-refractivity contribution >= 4 is 0 Å². The van der Waals surface area contributed by atoms with Crippen LogP contribution in [0.15, 0.2) is 6.07 Å². The molecule has 2 rings (SSSR count). The standard InChI is InChI=1S/C15H25N3/c1-9-5-10(2)7-13(6-9)15(16)14-8-11(3)17-18-12(14)4/h8-10,13,15H,5-7,16H2,1-4H3. The zero-order valence-electron chi connectivity index (χ0n) is 12.0. The van der Waals surface area contributed by atoms with Crippen molar-refractivity contribution in [2.75, 3.05) is 0 Å². The van der Waals surface area contributed by atoms with E-state index >= 15 is 0 Å². The molecule has 18 heavy (non-hydrogen) atoms. The van der Waals surface area contributed by atoms with E-state index in [1.807, 2.05) is 13.8 Å². The molecule has 3 nitrogen and oxygen atoms in total. The molecular formula is C15H25N3. The summed E-state index contributed by atoms with van der Waals surface area (Å²) in [5.41, 5.74) is 9.63. The molecule has 1 aliphatic carbocycles. The summed E-state index contributed by atoms with van der Waals surface area (Å²) in [7, 11) is 0. The first-order chi connectivity index (χ1) is 8.47. The van der Waals surface area contributed by atoms with Crippen molar-refractivity contribution in [2.24, 2.45) is 23.5 Å². The molecule has 0 aliphatic heterocycles. The average Bonchev–Trinajstić information content (AvgIpc) is 2.30. The molecule has 0 amide bonds. The van der Waals surface area contributed by atoms with Crippen LogP contribution >= 0.6 is 0 Å². The second-order valence-electron chi connectivity index (χ2n) is 6.23. The van der Waals surface area contributed by atoms with Crippen LogP contribution in [0.25, 0.3) is 0 Å². The van der Waals surface area contributed by atoms with Gasteiger partial charge in [-0.1, -0.05) is 13.8 Å². The van der Waals surface area contributed by atoms with Crippen LogP contribution in [0, 0.1) is 31.6 Å². The van der Waals surface area contributed by atoms with Gasteiger partial charge in [-0.15, -0.1) is 0 Å². The van der Waals surface area contributed by atoms with Crippen LogP contribution < -0.4 is 5.73 Å². The van der Waals surface area contributed by atoms with E-state index in [4.69, 9.17) is 5.73 Å². The molecule has 0 aromatic carbocycles. The minimum Gasteiger partial charge on any atom is -0.324 e. The molecule has 3 atom stereocenters. The summed E-state index contributed by atoms with van der Waals surface area (Å²) in [6.45, 7) is 8.68. The van der Waals surface area contributed by atoms with Gasteiger partial charge in [0.25, 0.3) is 0 Å². The highest BCUT2D eigenvalue weighted by molar-refractivity contribution is 5.24. The minimum absolute atomic E-state index is 0.115. The Balaban J connectivity index is 2.19. The molecule has 1 aromatic heterocycles. The highest BCUT2D eigenvalue weighted by atomic mass is 15.1. The Morgan fingerprint density at radius 1 is 1.11 bits per heavy atom. The zero-order chi connectivity index (χ0) is 13.3. The van der Waals surface area contributed by atoms with E-state index in [2.05, 4.69) is 30.1 Å². The Labute approximate surface area is 110 Å². The van der Waals surface area contributed by atoms with Crippen molar-refractivity contribution in [3.05, 3.63) is 23.0 Å². The van der Waals surface area contributed by atoms with Gasteiger partial charge >= 0.3 is 0 Å². The van der Waals surface area contributed by atoms with Crippen LogP contribution in [-0.2, 0) is 0 Å². The normalized spacial score (nSPS) is 30.2. The Morgan fingerprint density at radius 2 is 1.72 bits per heavy atom. The highest BCUT2D eigenvalue weighted by Gasteiger charge is 2.29.